The van der Waals surface area contributed by atoms with Crippen molar-refractivity contribution in [2.75, 3.05) is 0 Å². The highest BCUT2D eigenvalue weighted by molar-refractivity contribution is 5.88. The average molecular weight is 383 g/mol. The van der Waals surface area contributed by atoms with Crippen molar-refractivity contribution >= 4 is 11.9 Å². The number of hydrogen-bond donors (Lipinski definition) is 2. The van der Waals surface area contributed by atoms with Crippen LogP contribution in [0.5, 0.6) is 5.75 Å². The van der Waals surface area contributed by atoms with Gasteiger partial charge in [-0.1, -0.05) is 61.9 Å². The van der Waals surface area contributed by atoms with Crippen molar-refractivity contribution < 1.29 is 14.3 Å². The molecule has 150 valence electrons. The highest BCUT2D eigenvalue weighted by atomic mass is 16.5. The molecule has 0 fully saturated rings. The molecule has 0 aliphatic carbocycles. The molecule has 5 heteroatoms. The topological polar surface area (TPSA) is 81.4 Å². The van der Waals surface area contributed by atoms with Crippen molar-refractivity contribution in [3.8, 4) is 5.75 Å². The summed E-state index contributed by atoms with van der Waals surface area (Å²) in [6.45, 7) is 7.86. The molecule has 0 aliphatic rings. The fourth-order valence-corrected chi connectivity index (χ4v) is 3.02. The van der Waals surface area contributed by atoms with Crippen LogP contribution in [0.2, 0.25) is 0 Å². The molecule has 2 aromatic carbocycles. The van der Waals surface area contributed by atoms with Gasteiger partial charge < -0.3 is 15.8 Å². The van der Waals surface area contributed by atoms with E-state index in [-0.39, 0.29) is 11.8 Å². The van der Waals surface area contributed by atoms with Crippen molar-refractivity contribution in [1.82, 2.24) is 5.32 Å². The first kappa shape index (κ1) is 21.6. The van der Waals surface area contributed by atoms with E-state index in [1.54, 1.807) is 6.07 Å². The van der Waals surface area contributed by atoms with Crippen molar-refractivity contribution in [2.24, 2.45) is 11.7 Å². The minimum Gasteiger partial charge on any atom is -0.425 e. The van der Waals surface area contributed by atoms with Gasteiger partial charge in [0.25, 0.3) is 0 Å². The van der Waals surface area contributed by atoms with Gasteiger partial charge in [0.1, 0.15) is 11.8 Å². The smallest absolute Gasteiger partial charge is 0.334 e. The molecular formula is C23H30N2O3. The summed E-state index contributed by atoms with van der Waals surface area (Å²) in [5, 5.41) is 2.78. The van der Waals surface area contributed by atoms with Gasteiger partial charge in [-0.25, -0.2) is 4.79 Å². The summed E-state index contributed by atoms with van der Waals surface area (Å²) in [7, 11) is 0. The highest BCUT2D eigenvalue weighted by Crippen LogP contribution is 2.20. The van der Waals surface area contributed by atoms with Crippen LogP contribution in [0.1, 0.15) is 37.0 Å². The van der Waals surface area contributed by atoms with Gasteiger partial charge in [0, 0.05) is 0 Å². The molecule has 0 heterocycles. The van der Waals surface area contributed by atoms with E-state index in [1.165, 1.54) is 0 Å². The maximum Gasteiger partial charge on any atom is 0.334 e. The van der Waals surface area contributed by atoms with Crippen LogP contribution in [-0.2, 0) is 16.0 Å². The summed E-state index contributed by atoms with van der Waals surface area (Å²) >= 11 is 0. The normalized spacial score (nSPS) is 13.1. The second-order valence-electron chi connectivity index (χ2n) is 7.68. The third-order valence-electron chi connectivity index (χ3n) is 4.48. The van der Waals surface area contributed by atoms with E-state index in [4.69, 9.17) is 10.5 Å². The molecule has 1 amide bonds. The minimum atomic E-state index is -0.741. The zero-order valence-electron chi connectivity index (χ0n) is 17.1. The van der Waals surface area contributed by atoms with E-state index >= 15 is 0 Å². The van der Waals surface area contributed by atoms with Crippen LogP contribution < -0.4 is 15.8 Å². The van der Waals surface area contributed by atoms with E-state index in [0.29, 0.717) is 18.6 Å². The number of carbonyl (C=O) groups is 2. The molecule has 0 radical (unpaired) electrons. The molecule has 2 aromatic rings. The van der Waals surface area contributed by atoms with Crippen LogP contribution in [0.25, 0.3) is 0 Å². The quantitative estimate of drug-likeness (QED) is 0.542. The number of carbonyl (C=O) groups excluding carboxylic acids is 2. The monoisotopic (exact) mass is 382 g/mol. The number of amides is 1. The zero-order valence-corrected chi connectivity index (χ0v) is 17.1. The largest absolute Gasteiger partial charge is 0.425 e. The van der Waals surface area contributed by atoms with Gasteiger partial charge in [-0.2, -0.15) is 0 Å². The van der Waals surface area contributed by atoms with Gasteiger partial charge >= 0.3 is 5.97 Å². The maximum atomic E-state index is 12.7. The Bertz CT molecular complexity index is 803. The molecule has 3 N–H and O–H groups in total. The Balaban J connectivity index is 2.05. The lowest BCUT2D eigenvalue weighted by molar-refractivity contribution is -0.140. The van der Waals surface area contributed by atoms with E-state index < -0.39 is 18.1 Å². The lowest BCUT2D eigenvalue weighted by Crippen LogP contribution is -2.50. The summed E-state index contributed by atoms with van der Waals surface area (Å²) in [6.07, 6.45) is 0.890. The SMILES string of the molecule is Cc1ccc(OC(=O)[C@H](CC(C)C)NC(=O)[C@@H](N)Cc2ccccc2)c(C)c1. The maximum absolute atomic E-state index is 12.7. The number of nitrogens with one attached hydrogen (secondary N) is 1. The lowest BCUT2D eigenvalue weighted by Gasteiger charge is -2.22. The lowest BCUT2D eigenvalue weighted by atomic mass is 10.0. The van der Waals surface area contributed by atoms with Gasteiger partial charge in [-0.05, 0) is 49.8 Å². The van der Waals surface area contributed by atoms with E-state index in [0.717, 1.165) is 16.7 Å². The Morgan fingerprint density at radius 3 is 2.36 bits per heavy atom. The Labute approximate surface area is 167 Å². The third-order valence-corrected chi connectivity index (χ3v) is 4.48. The van der Waals surface area contributed by atoms with Crippen LogP contribution >= 0.6 is 0 Å². The van der Waals surface area contributed by atoms with Gasteiger partial charge in [0.2, 0.25) is 5.91 Å². The molecule has 28 heavy (non-hydrogen) atoms. The van der Waals surface area contributed by atoms with Crippen molar-refractivity contribution in [1.29, 1.82) is 0 Å². The van der Waals surface area contributed by atoms with Crippen molar-refractivity contribution in [2.45, 2.75) is 52.6 Å². The first-order valence-corrected chi connectivity index (χ1v) is 9.65. The van der Waals surface area contributed by atoms with Gasteiger partial charge in [0.15, 0.2) is 0 Å². The highest BCUT2D eigenvalue weighted by Gasteiger charge is 2.26. The predicted molar refractivity (Wildman–Crippen MR) is 111 cm³/mol. The number of benzene rings is 2. The summed E-state index contributed by atoms with van der Waals surface area (Å²) in [4.78, 5) is 25.3. The van der Waals surface area contributed by atoms with E-state index in [1.807, 2.05) is 70.2 Å². The average Bonchev–Trinajstić information content (AvgIpc) is 2.63. The second kappa shape index (κ2) is 10.0. The number of ether oxygens (including phenoxy) is 1. The molecule has 2 rings (SSSR count). The number of nitrogens with two attached hydrogens (primary N) is 1. The van der Waals surface area contributed by atoms with Crippen LogP contribution in [0.3, 0.4) is 0 Å². The molecule has 0 bridgehead atoms. The summed E-state index contributed by atoms with van der Waals surface area (Å²) in [5.41, 5.74) is 9.01. The first-order valence-electron chi connectivity index (χ1n) is 9.65. The Morgan fingerprint density at radius 1 is 1.07 bits per heavy atom. The van der Waals surface area contributed by atoms with Crippen LogP contribution in [-0.4, -0.2) is 24.0 Å². The Morgan fingerprint density at radius 2 is 1.75 bits per heavy atom. The van der Waals surface area contributed by atoms with Crippen LogP contribution in [0.4, 0.5) is 0 Å². The standard InChI is InChI=1S/C23H30N2O3/c1-15(2)12-20(23(27)28-21-11-10-16(3)13-17(21)4)25-22(26)19(24)14-18-8-6-5-7-9-18/h5-11,13,15,19-20H,12,14,24H2,1-4H3,(H,25,26)/t19-,20-/m0/s1. The molecular weight excluding hydrogens is 352 g/mol. The van der Waals surface area contributed by atoms with E-state index in [9.17, 15) is 9.59 Å². The summed E-state index contributed by atoms with van der Waals surface area (Å²) in [6, 6.07) is 13.7. The number of rotatable bonds is 8. The molecule has 5 nitrogen and oxygen atoms in total. The summed E-state index contributed by atoms with van der Waals surface area (Å²) in [5.74, 6) is -0.109. The predicted octanol–water partition coefficient (Wildman–Crippen LogP) is 3.31. The molecule has 0 aromatic heterocycles. The van der Waals surface area contributed by atoms with Crippen LogP contribution in [0.15, 0.2) is 48.5 Å². The molecule has 2 atom stereocenters. The molecule has 0 spiro atoms. The second-order valence-corrected chi connectivity index (χ2v) is 7.68. The van der Waals surface area contributed by atoms with Gasteiger partial charge in [0.05, 0.1) is 6.04 Å². The molecule has 0 saturated heterocycles. The number of aryl methyl sites for hydroxylation is 2. The number of hydrogen-bond acceptors (Lipinski definition) is 4. The first-order chi connectivity index (χ1) is 13.3. The Kier molecular flexibility index (Phi) is 7.76. The summed E-state index contributed by atoms with van der Waals surface area (Å²) < 4.78 is 5.57. The van der Waals surface area contributed by atoms with Gasteiger partial charge in [-0.3, -0.25) is 4.79 Å². The fraction of sp³-hybridized carbons (Fsp3) is 0.391. The minimum absolute atomic E-state index is 0.210. The fourth-order valence-electron chi connectivity index (χ4n) is 3.02. The van der Waals surface area contributed by atoms with Crippen molar-refractivity contribution in [3.05, 3.63) is 65.2 Å². The molecule has 0 saturated carbocycles. The molecule has 0 unspecified atom stereocenters. The van der Waals surface area contributed by atoms with E-state index in [2.05, 4.69) is 5.32 Å². The van der Waals surface area contributed by atoms with Crippen molar-refractivity contribution in [3.63, 3.8) is 0 Å². The third kappa shape index (κ3) is 6.50. The molecule has 0 aliphatic heterocycles. The van der Waals surface area contributed by atoms with Crippen LogP contribution in [0, 0.1) is 19.8 Å². The van der Waals surface area contributed by atoms with Gasteiger partial charge in [-0.15, -0.1) is 0 Å². The number of esters is 1. The Hall–Kier alpha value is -2.66. The zero-order chi connectivity index (χ0) is 20.7.